The molecule has 8 heteroatoms. The van der Waals surface area contributed by atoms with Crippen LogP contribution in [0.1, 0.15) is 12.6 Å². The lowest BCUT2D eigenvalue weighted by Crippen LogP contribution is -2.22. The Balaban J connectivity index is 2.13. The molecule has 0 saturated carbocycles. The number of ether oxygens (including phenoxy) is 2. The zero-order valence-corrected chi connectivity index (χ0v) is 15.8. The zero-order chi connectivity index (χ0) is 16.9. The van der Waals surface area contributed by atoms with E-state index in [9.17, 15) is 0 Å². The predicted molar refractivity (Wildman–Crippen MR) is 95.1 cm³/mol. The molecule has 2 rings (SSSR count). The molecule has 0 fully saturated rings. The van der Waals surface area contributed by atoms with Gasteiger partial charge in [-0.2, -0.15) is 4.98 Å². The van der Waals surface area contributed by atoms with Crippen LogP contribution >= 0.6 is 11.6 Å². The quantitative estimate of drug-likeness (QED) is 0.312. The summed E-state index contributed by atoms with van der Waals surface area (Å²) in [4.78, 5) is 12.8. The summed E-state index contributed by atoms with van der Waals surface area (Å²) in [5.41, 5.74) is 1.97. The minimum absolute atomic E-state index is 0.178. The molecule has 23 heavy (non-hydrogen) atoms. The highest BCUT2D eigenvalue weighted by Crippen LogP contribution is 2.18. The molecule has 6 nitrogen and oxygen atoms in total. The Kier molecular flexibility index (Phi) is 6.15. The van der Waals surface area contributed by atoms with E-state index in [2.05, 4.69) is 34.6 Å². The van der Waals surface area contributed by atoms with Crippen LogP contribution in [-0.2, 0) is 16.2 Å². The van der Waals surface area contributed by atoms with Crippen molar-refractivity contribution in [3.8, 4) is 0 Å². The molecule has 0 radical (unpaired) electrons. The largest absolute Gasteiger partial charge is 0.501 e. The van der Waals surface area contributed by atoms with Crippen LogP contribution in [-0.4, -0.2) is 40.8 Å². The highest BCUT2D eigenvalue weighted by atomic mass is 35.5. The minimum atomic E-state index is -1.09. The van der Waals surface area contributed by atoms with Gasteiger partial charge in [0.2, 0.25) is 5.28 Å². The Morgan fingerprint density at radius 2 is 2.09 bits per heavy atom. The normalized spacial score (nSPS) is 12.4. The molecule has 0 bridgehead atoms. The molecule has 0 saturated heterocycles. The Morgan fingerprint density at radius 3 is 2.78 bits per heavy atom. The van der Waals surface area contributed by atoms with Crippen LogP contribution < -0.4 is 0 Å². The highest BCUT2D eigenvalue weighted by Gasteiger charge is 2.13. The van der Waals surface area contributed by atoms with Gasteiger partial charge in [-0.15, -0.1) is 0 Å². The van der Waals surface area contributed by atoms with E-state index in [1.807, 2.05) is 11.5 Å². The molecule has 2 heterocycles. The monoisotopic (exact) mass is 354 g/mol. The SMILES string of the molecule is CCOC=Cc1nc(Cl)nc2c1ncn2COCC[Si](C)(C)C. The summed E-state index contributed by atoms with van der Waals surface area (Å²) in [7, 11) is -1.09. The number of fused-ring (bicyclic) bond motifs is 1. The second-order valence-electron chi connectivity index (χ2n) is 6.37. The number of nitrogens with zero attached hydrogens (tertiary/aromatic N) is 4. The van der Waals surface area contributed by atoms with Gasteiger partial charge < -0.3 is 9.47 Å². The summed E-state index contributed by atoms with van der Waals surface area (Å²) in [6.07, 6.45) is 5.02. The summed E-state index contributed by atoms with van der Waals surface area (Å²) < 4.78 is 12.8. The van der Waals surface area contributed by atoms with E-state index in [0.717, 1.165) is 12.7 Å². The maximum atomic E-state index is 6.01. The first-order valence-electron chi connectivity index (χ1n) is 7.65. The smallest absolute Gasteiger partial charge is 0.225 e. The molecule has 0 spiro atoms. The van der Waals surface area contributed by atoms with Gasteiger partial charge in [-0.25, -0.2) is 9.97 Å². The maximum absolute atomic E-state index is 6.01. The first-order chi connectivity index (χ1) is 10.9. The van der Waals surface area contributed by atoms with Crippen molar-refractivity contribution in [3.63, 3.8) is 0 Å². The van der Waals surface area contributed by atoms with Crippen LogP contribution in [0, 0.1) is 0 Å². The van der Waals surface area contributed by atoms with E-state index < -0.39 is 8.07 Å². The second-order valence-corrected chi connectivity index (χ2v) is 12.3. The van der Waals surface area contributed by atoms with Gasteiger partial charge in [0.15, 0.2) is 5.65 Å². The third kappa shape index (κ3) is 5.30. The van der Waals surface area contributed by atoms with E-state index in [0.29, 0.717) is 30.2 Å². The van der Waals surface area contributed by atoms with E-state index >= 15 is 0 Å². The Hall–Kier alpha value is -1.44. The lowest BCUT2D eigenvalue weighted by Gasteiger charge is -2.15. The van der Waals surface area contributed by atoms with Gasteiger partial charge in [-0.1, -0.05) is 19.6 Å². The van der Waals surface area contributed by atoms with Gasteiger partial charge in [0.1, 0.15) is 12.2 Å². The van der Waals surface area contributed by atoms with Crippen LogP contribution in [0.4, 0.5) is 0 Å². The molecule has 126 valence electrons. The average Bonchev–Trinajstić information content (AvgIpc) is 2.86. The van der Waals surface area contributed by atoms with E-state index in [4.69, 9.17) is 21.1 Å². The molecule has 0 aliphatic rings. The van der Waals surface area contributed by atoms with E-state index in [-0.39, 0.29) is 5.28 Å². The van der Waals surface area contributed by atoms with Gasteiger partial charge in [-0.3, -0.25) is 4.57 Å². The molecular weight excluding hydrogens is 332 g/mol. The fourth-order valence-electron chi connectivity index (χ4n) is 1.90. The van der Waals surface area contributed by atoms with Crippen LogP contribution in [0.2, 0.25) is 31.0 Å². The molecule has 0 aliphatic heterocycles. The van der Waals surface area contributed by atoms with Crippen molar-refractivity contribution in [2.75, 3.05) is 13.2 Å². The van der Waals surface area contributed by atoms with Gasteiger partial charge in [0.25, 0.3) is 0 Å². The first kappa shape index (κ1) is 17.9. The van der Waals surface area contributed by atoms with Crippen molar-refractivity contribution in [1.82, 2.24) is 19.5 Å². The van der Waals surface area contributed by atoms with E-state index in [1.165, 1.54) is 0 Å². The van der Waals surface area contributed by atoms with Crippen molar-refractivity contribution in [3.05, 3.63) is 23.6 Å². The number of aromatic nitrogens is 4. The van der Waals surface area contributed by atoms with Crippen molar-refractivity contribution < 1.29 is 9.47 Å². The topological polar surface area (TPSA) is 62.1 Å². The second kappa shape index (κ2) is 7.90. The fraction of sp³-hybridized carbons (Fsp3) is 0.533. The number of hydrogen-bond acceptors (Lipinski definition) is 5. The van der Waals surface area contributed by atoms with Crippen molar-refractivity contribution >= 4 is 36.9 Å². The molecule has 0 N–H and O–H groups in total. The summed E-state index contributed by atoms with van der Waals surface area (Å²) in [5, 5.41) is 0.178. The van der Waals surface area contributed by atoms with Crippen LogP contribution in [0.3, 0.4) is 0 Å². The van der Waals surface area contributed by atoms with Gasteiger partial charge >= 0.3 is 0 Å². The standard InChI is InChI=1S/C15H23ClN4O2Si/c1-5-21-7-6-12-13-14(19-15(16)18-12)20(10-17-13)11-22-8-9-23(2,3)4/h6-7,10H,5,8-9,11H2,1-4H3. The Bertz CT molecular complexity index is 682. The van der Waals surface area contributed by atoms with Crippen LogP contribution in [0.5, 0.6) is 0 Å². The molecule has 0 unspecified atom stereocenters. The lowest BCUT2D eigenvalue weighted by atomic mass is 10.3. The van der Waals surface area contributed by atoms with Crippen LogP contribution in [0.25, 0.3) is 17.2 Å². The highest BCUT2D eigenvalue weighted by molar-refractivity contribution is 6.76. The predicted octanol–water partition coefficient (Wildman–Crippen LogP) is 3.80. The Morgan fingerprint density at radius 1 is 1.30 bits per heavy atom. The van der Waals surface area contributed by atoms with E-state index in [1.54, 1.807) is 18.7 Å². The van der Waals surface area contributed by atoms with Crippen molar-refractivity contribution in [2.24, 2.45) is 0 Å². The summed E-state index contributed by atoms with van der Waals surface area (Å²) in [6, 6.07) is 1.12. The van der Waals surface area contributed by atoms with Crippen LogP contribution in [0.15, 0.2) is 12.6 Å². The summed E-state index contributed by atoms with van der Waals surface area (Å²) in [6.45, 7) is 10.6. The van der Waals surface area contributed by atoms with Crippen molar-refractivity contribution in [2.45, 2.75) is 39.3 Å². The number of halogens is 1. The van der Waals surface area contributed by atoms with Gasteiger partial charge in [-0.05, 0) is 24.6 Å². The van der Waals surface area contributed by atoms with Gasteiger partial charge in [0.05, 0.1) is 24.9 Å². The number of hydrogen-bond donors (Lipinski definition) is 0. The third-order valence-electron chi connectivity index (χ3n) is 3.18. The fourth-order valence-corrected chi connectivity index (χ4v) is 2.83. The Labute approximate surface area is 142 Å². The molecule has 0 aliphatic carbocycles. The van der Waals surface area contributed by atoms with Crippen molar-refractivity contribution in [1.29, 1.82) is 0 Å². The number of rotatable bonds is 8. The lowest BCUT2D eigenvalue weighted by molar-refractivity contribution is 0.0895. The summed E-state index contributed by atoms with van der Waals surface area (Å²) >= 11 is 6.01. The number of imidazole rings is 1. The first-order valence-corrected chi connectivity index (χ1v) is 11.7. The minimum Gasteiger partial charge on any atom is -0.501 e. The molecule has 2 aromatic heterocycles. The molecule has 0 amide bonds. The third-order valence-corrected chi connectivity index (χ3v) is 5.05. The maximum Gasteiger partial charge on any atom is 0.225 e. The molecule has 0 aromatic carbocycles. The summed E-state index contributed by atoms with van der Waals surface area (Å²) in [5.74, 6) is 0. The zero-order valence-electron chi connectivity index (χ0n) is 14.0. The average molecular weight is 355 g/mol. The van der Waals surface area contributed by atoms with Gasteiger partial charge in [0, 0.05) is 20.8 Å². The molecule has 0 atom stereocenters. The molecular formula is C15H23ClN4O2Si. The molecule has 2 aromatic rings.